The van der Waals surface area contributed by atoms with Gasteiger partial charge in [0.25, 0.3) is 5.91 Å². The van der Waals surface area contributed by atoms with Gasteiger partial charge < -0.3 is 19.5 Å². The first-order chi connectivity index (χ1) is 14.9. The van der Waals surface area contributed by atoms with Crippen LogP contribution in [0.5, 0.6) is 11.5 Å². The van der Waals surface area contributed by atoms with Crippen LogP contribution in [-0.4, -0.2) is 32.2 Å². The minimum atomic E-state index is -0.655. The van der Waals surface area contributed by atoms with E-state index in [1.54, 1.807) is 32.0 Å². The summed E-state index contributed by atoms with van der Waals surface area (Å²) in [6, 6.07) is 8.54. The quantitative estimate of drug-likeness (QED) is 0.375. The Labute approximate surface area is 184 Å². The van der Waals surface area contributed by atoms with E-state index in [9.17, 15) is 14.9 Å². The number of anilines is 1. The summed E-state index contributed by atoms with van der Waals surface area (Å²) in [7, 11) is 1.44. The van der Waals surface area contributed by atoms with Gasteiger partial charge in [-0.1, -0.05) is 6.07 Å². The predicted octanol–water partition coefficient (Wildman–Crippen LogP) is 4.00. The molecule has 0 saturated heterocycles. The van der Waals surface area contributed by atoms with Crippen molar-refractivity contribution in [1.82, 2.24) is 0 Å². The van der Waals surface area contributed by atoms with E-state index < -0.39 is 11.9 Å². The number of carbonyl (C=O) groups is 2. The van der Waals surface area contributed by atoms with Gasteiger partial charge >= 0.3 is 5.97 Å². The zero-order valence-corrected chi connectivity index (χ0v) is 18.4. The molecule has 0 radical (unpaired) electrons. The van der Waals surface area contributed by atoms with Crippen molar-refractivity contribution in [3.05, 3.63) is 45.3 Å². The molecule has 1 heterocycles. The largest absolute Gasteiger partial charge is 0.493 e. The minimum Gasteiger partial charge on any atom is -0.493 e. The van der Waals surface area contributed by atoms with Crippen molar-refractivity contribution in [3.8, 4) is 23.6 Å². The zero-order chi connectivity index (χ0) is 23.0. The van der Waals surface area contributed by atoms with Crippen molar-refractivity contribution >= 4 is 34.3 Å². The monoisotopic (exact) mass is 439 g/mol. The molecule has 0 unspecified atom stereocenters. The Morgan fingerprint density at radius 3 is 2.58 bits per heavy atom. The summed E-state index contributed by atoms with van der Waals surface area (Å²) >= 11 is 1.24. The summed E-state index contributed by atoms with van der Waals surface area (Å²) in [5.41, 5.74) is 1.37. The third kappa shape index (κ3) is 5.62. The molecule has 1 aromatic heterocycles. The molecule has 0 spiro atoms. The molecular weight excluding hydrogens is 418 g/mol. The Morgan fingerprint density at radius 2 is 1.97 bits per heavy atom. The maximum Gasteiger partial charge on any atom is 0.341 e. The molecule has 1 amide bonds. The highest BCUT2D eigenvalue weighted by Crippen LogP contribution is 2.33. The second-order valence-electron chi connectivity index (χ2n) is 6.19. The number of aryl methyl sites for hydroxylation is 1. The van der Waals surface area contributed by atoms with Crippen molar-refractivity contribution in [1.29, 1.82) is 10.5 Å². The summed E-state index contributed by atoms with van der Waals surface area (Å²) in [5, 5.41) is 21.1. The summed E-state index contributed by atoms with van der Waals surface area (Å²) in [5.74, 6) is -0.457. The number of esters is 1. The van der Waals surface area contributed by atoms with Gasteiger partial charge in [0.1, 0.15) is 22.7 Å². The van der Waals surface area contributed by atoms with Crippen LogP contribution in [-0.2, 0) is 9.53 Å². The number of nitrogens with zero attached hydrogens (tertiary/aromatic N) is 2. The third-order valence-electron chi connectivity index (χ3n) is 4.25. The van der Waals surface area contributed by atoms with Crippen molar-refractivity contribution in [2.45, 2.75) is 20.8 Å². The lowest BCUT2D eigenvalue weighted by molar-refractivity contribution is -0.112. The van der Waals surface area contributed by atoms with E-state index in [0.717, 1.165) is 10.4 Å². The minimum absolute atomic E-state index is 0.139. The van der Waals surface area contributed by atoms with Gasteiger partial charge in [0.2, 0.25) is 0 Å². The number of rotatable bonds is 8. The van der Waals surface area contributed by atoms with Crippen molar-refractivity contribution in [3.63, 3.8) is 0 Å². The van der Waals surface area contributed by atoms with Gasteiger partial charge in [-0.2, -0.15) is 10.5 Å². The molecular formula is C22H21N3O5S. The molecule has 0 atom stereocenters. The highest BCUT2D eigenvalue weighted by Gasteiger charge is 2.23. The van der Waals surface area contributed by atoms with E-state index in [1.165, 1.54) is 24.5 Å². The Balaban J connectivity index is 2.32. The fourth-order valence-electron chi connectivity index (χ4n) is 2.65. The molecule has 0 fully saturated rings. The molecule has 2 rings (SSSR count). The van der Waals surface area contributed by atoms with E-state index in [4.69, 9.17) is 19.5 Å². The zero-order valence-electron chi connectivity index (χ0n) is 17.6. The fraction of sp³-hybridized carbons (Fsp3) is 0.273. The van der Waals surface area contributed by atoms with Gasteiger partial charge in [0, 0.05) is 4.88 Å². The van der Waals surface area contributed by atoms with Crippen LogP contribution in [0.4, 0.5) is 5.00 Å². The van der Waals surface area contributed by atoms with Crippen LogP contribution in [0.2, 0.25) is 0 Å². The molecule has 0 aliphatic rings. The highest BCUT2D eigenvalue weighted by molar-refractivity contribution is 7.16. The number of ether oxygens (including phenoxy) is 3. The van der Waals surface area contributed by atoms with E-state index in [2.05, 4.69) is 5.32 Å². The maximum atomic E-state index is 12.7. The van der Waals surface area contributed by atoms with Crippen molar-refractivity contribution < 1.29 is 23.8 Å². The molecule has 2 aromatic rings. The average molecular weight is 439 g/mol. The number of methoxy groups -OCH3 is 1. The summed E-state index contributed by atoms with van der Waals surface area (Å²) in [4.78, 5) is 25.9. The first-order valence-electron chi connectivity index (χ1n) is 9.24. The molecule has 0 aliphatic carbocycles. The molecule has 160 valence electrons. The van der Waals surface area contributed by atoms with E-state index in [1.807, 2.05) is 19.1 Å². The second-order valence-corrected chi connectivity index (χ2v) is 7.41. The summed E-state index contributed by atoms with van der Waals surface area (Å²) in [6.07, 6.45) is 1.39. The van der Waals surface area contributed by atoms with Crippen LogP contribution in [0.3, 0.4) is 0 Å². The predicted molar refractivity (Wildman–Crippen MR) is 116 cm³/mol. The highest BCUT2D eigenvalue weighted by atomic mass is 32.1. The molecule has 0 aliphatic heterocycles. The molecule has 8 nitrogen and oxygen atoms in total. The maximum absolute atomic E-state index is 12.7. The Bertz CT molecular complexity index is 1110. The van der Waals surface area contributed by atoms with E-state index in [-0.39, 0.29) is 24.4 Å². The van der Waals surface area contributed by atoms with Crippen LogP contribution in [0.25, 0.3) is 6.08 Å². The normalized spacial score (nSPS) is 10.6. The molecule has 0 bridgehead atoms. The lowest BCUT2D eigenvalue weighted by Gasteiger charge is -2.09. The van der Waals surface area contributed by atoms with Gasteiger partial charge in [0.15, 0.2) is 18.1 Å². The Kier molecular flexibility index (Phi) is 8.18. The smallest absolute Gasteiger partial charge is 0.341 e. The Morgan fingerprint density at radius 1 is 1.23 bits per heavy atom. The topological polar surface area (TPSA) is 121 Å². The number of amides is 1. The van der Waals surface area contributed by atoms with Crippen LogP contribution in [0.1, 0.15) is 33.3 Å². The average Bonchev–Trinajstić information content (AvgIpc) is 3.03. The second kappa shape index (κ2) is 10.8. The number of benzene rings is 1. The molecule has 1 aromatic carbocycles. The van der Waals surface area contributed by atoms with Crippen LogP contribution in [0, 0.1) is 36.5 Å². The van der Waals surface area contributed by atoms with Gasteiger partial charge in [-0.05, 0) is 50.1 Å². The molecule has 9 heteroatoms. The summed E-state index contributed by atoms with van der Waals surface area (Å²) in [6.45, 7) is 5.38. The first-order valence-corrected chi connectivity index (χ1v) is 10.1. The Hall–Kier alpha value is -3.82. The van der Waals surface area contributed by atoms with Gasteiger partial charge in [-0.3, -0.25) is 4.79 Å². The van der Waals surface area contributed by atoms with Crippen LogP contribution >= 0.6 is 11.3 Å². The summed E-state index contributed by atoms with van der Waals surface area (Å²) < 4.78 is 15.6. The number of carbonyl (C=O) groups excluding carboxylic acids is 2. The number of hydrogen-bond donors (Lipinski definition) is 1. The van der Waals surface area contributed by atoms with Gasteiger partial charge in [0.05, 0.1) is 19.3 Å². The van der Waals surface area contributed by atoms with Crippen LogP contribution < -0.4 is 14.8 Å². The van der Waals surface area contributed by atoms with Crippen molar-refractivity contribution in [2.24, 2.45) is 0 Å². The molecule has 0 saturated carbocycles. The fourth-order valence-corrected chi connectivity index (χ4v) is 3.70. The number of hydrogen-bond acceptors (Lipinski definition) is 8. The SMILES string of the molecule is CCOC(=O)c1c(NC(=O)/C(C#N)=C/c2ccc(OCC#N)c(OC)c2)sc(C)c1C. The van der Waals surface area contributed by atoms with Gasteiger partial charge in [-0.15, -0.1) is 11.3 Å². The van der Waals surface area contributed by atoms with Crippen molar-refractivity contribution in [2.75, 3.05) is 25.6 Å². The van der Waals surface area contributed by atoms with E-state index in [0.29, 0.717) is 22.1 Å². The number of nitrogens with one attached hydrogen (secondary N) is 1. The lowest BCUT2D eigenvalue weighted by Crippen LogP contribution is -2.16. The van der Waals surface area contributed by atoms with E-state index >= 15 is 0 Å². The van der Waals surface area contributed by atoms with Gasteiger partial charge in [-0.25, -0.2) is 4.79 Å². The van der Waals surface area contributed by atoms with Crippen LogP contribution in [0.15, 0.2) is 23.8 Å². The number of nitriles is 2. The molecule has 1 N–H and O–H groups in total. The first kappa shape index (κ1) is 23.5. The molecule has 31 heavy (non-hydrogen) atoms. The standard InChI is InChI=1S/C22H21N3O5S/c1-5-29-22(27)19-13(2)14(3)31-21(19)25-20(26)16(12-24)10-15-6-7-17(30-9-8-23)18(11-15)28-4/h6-7,10-11H,5,9H2,1-4H3,(H,25,26)/b16-10+. The third-order valence-corrected chi connectivity index (χ3v) is 5.37. The lowest BCUT2D eigenvalue weighted by atomic mass is 10.1. The number of thiophene rings is 1.